The van der Waals surface area contributed by atoms with E-state index in [1.807, 2.05) is 24.3 Å². The predicted octanol–water partition coefficient (Wildman–Crippen LogP) is 1.88. The first-order valence-electron chi connectivity index (χ1n) is 4.23. The van der Waals surface area contributed by atoms with Crippen LogP contribution in [0.15, 0.2) is 24.5 Å². The monoisotopic (exact) mass is 184 g/mol. The molecule has 2 heterocycles. The first-order valence-corrected chi connectivity index (χ1v) is 4.23. The van der Waals surface area contributed by atoms with Gasteiger partial charge in [0.25, 0.3) is 0 Å². The van der Waals surface area contributed by atoms with Gasteiger partial charge in [0, 0.05) is 11.6 Å². The van der Waals surface area contributed by atoms with Crippen LogP contribution in [0.1, 0.15) is 12.0 Å². The molecule has 14 heavy (non-hydrogen) atoms. The molecule has 1 N–H and O–H groups in total. The van der Waals surface area contributed by atoms with Crippen molar-refractivity contribution in [3.05, 3.63) is 30.1 Å². The molecule has 0 unspecified atom stereocenters. The molecular weight excluding hydrogens is 176 g/mol. The van der Waals surface area contributed by atoms with Crippen LogP contribution in [0.4, 0.5) is 0 Å². The van der Waals surface area contributed by atoms with Gasteiger partial charge in [-0.25, -0.2) is 4.98 Å². The number of fused-ring (bicyclic) bond motifs is 1. The molecule has 0 spiro atoms. The zero-order chi connectivity index (χ0) is 9.80. The molecule has 0 saturated heterocycles. The topological polar surface area (TPSA) is 65.4 Å². The fraction of sp³-hybridized carbons (Fsp3) is 0.100. The molecule has 2 aromatic rings. The lowest BCUT2D eigenvalue weighted by atomic mass is 10.2. The smallest absolute Gasteiger partial charge is 0.155 e. The molecule has 4 nitrogen and oxygen atoms in total. The van der Waals surface area contributed by atoms with Crippen molar-refractivity contribution in [2.45, 2.75) is 6.42 Å². The Morgan fingerprint density at radius 3 is 3.29 bits per heavy atom. The van der Waals surface area contributed by atoms with Crippen LogP contribution in [0.3, 0.4) is 0 Å². The van der Waals surface area contributed by atoms with Crippen LogP contribution < -0.4 is 0 Å². The Morgan fingerprint density at radius 1 is 1.50 bits per heavy atom. The number of aromatic amines is 1. The van der Waals surface area contributed by atoms with Gasteiger partial charge in [-0.05, 0) is 11.6 Å². The van der Waals surface area contributed by atoms with Crippen LogP contribution in [-0.4, -0.2) is 15.2 Å². The maximum Gasteiger partial charge on any atom is 0.155 e. The molecule has 0 atom stereocenters. The fourth-order valence-electron chi connectivity index (χ4n) is 1.19. The lowest BCUT2D eigenvalue weighted by Crippen LogP contribution is -1.78. The molecule has 68 valence electrons. The van der Waals surface area contributed by atoms with E-state index in [9.17, 15) is 0 Å². The molecule has 2 aromatic heterocycles. The largest absolute Gasteiger partial charge is 0.261 e. The van der Waals surface area contributed by atoms with Gasteiger partial charge >= 0.3 is 0 Å². The summed E-state index contributed by atoms with van der Waals surface area (Å²) < 4.78 is 0. The zero-order valence-electron chi connectivity index (χ0n) is 7.44. The lowest BCUT2D eigenvalue weighted by molar-refractivity contribution is 1.10. The molecule has 0 amide bonds. The van der Waals surface area contributed by atoms with Crippen molar-refractivity contribution in [3.63, 3.8) is 0 Å². The molecule has 4 heteroatoms. The minimum absolute atomic E-state index is 0.420. The summed E-state index contributed by atoms with van der Waals surface area (Å²) in [6.45, 7) is 0. The molecule has 0 radical (unpaired) electrons. The van der Waals surface area contributed by atoms with Gasteiger partial charge in [0.15, 0.2) is 5.65 Å². The van der Waals surface area contributed by atoms with Gasteiger partial charge in [-0.3, -0.25) is 5.10 Å². The summed E-state index contributed by atoms with van der Waals surface area (Å²) >= 11 is 0. The number of nitrogens with zero attached hydrogens (tertiary/aromatic N) is 3. The minimum Gasteiger partial charge on any atom is -0.261 e. The highest BCUT2D eigenvalue weighted by molar-refractivity contribution is 5.76. The first-order chi connectivity index (χ1) is 6.90. The SMILES string of the molecule is N#CCC=Cc1cnc2[nH]ncc2c1. The normalized spacial score (nSPS) is 10.8. The number of nitrogens with one attached hydrogen (secondary N) is 1. The van der Waals surface area contributed by atoms with Crippen LogP contribution in [0, 0.1) is 11.3 Å². The Bertz CT molecular complexity index is 504. The summed E-state index contributed by atoms with van der Waals surface area (Å²) in [6.07, 6.45) is 7.58. The number of hydrogen-bond acceptors (Lipinski definition) is 3. The fourth-order valence-corrected chi connectivity index (χ4v) is 1.19. The summed E-state index contributed by atoms with van der Waals surface area (Å²) in [7, 11) is 0. The second-order valence-electron chi connectivity index (χ2n) is 2.84. The first kappa shape index (κ1) is 8.45. The van der Waals surface area contributed by atoms with Crippen molar-refractivity contribution in [3.8, 4) is 6.07 Å². The molecule has 0 aromatic carbocycles. The summed E-state index contributed by atoms with van der Waals surface area (Å²) in [5.74, 6) is 0. The maximum atomic E-state index is 8.35. The van der Waals surface area contributed by atoms with Gasteiger partial charge in [0.2, 0.25) is 0 Å². The van der Waals surface area contributed by atoms with Crippen LogP contribution in [0.5, 0.6) is 0 Å². The zero-order valence-corrected chi connectivity index (χ0v) is 7.44. The molecule has 2 rings (SSSR count). The van der Waals surface area contributed by atoms with Gasteiger partial charge in [-0.15, -0.1) is 0 Å². The molecule has 0 fully saturated rings. The maximum absolute atomic E-state index is 8.35. The third-order valence-electron chi connectivity index (χ3n) is 1.83. The van der Waals surface area contributed by atoms with E-state index in [-0.39, 0.29) is 0 Å². The third-order valence-corrected chi connectivity index (χ3v) is 1.83. The van der Waals surface area contributed by atoms with E-state index < -0.39 is 0 Å². The average Bonchev–Trinajstić information content (AvgIpc) is 2.65. The lowest BCUT2D eigenvalue weighted by Gasteiger charge is -1.91. The number of nitriles is 1. The van der Waals surface area contributed by atoms with Crippen molar-refractivity contribution in [2.75, 3.05) is 0 Å². The Kier molecular flexibility index (Phi) is 2.24. The van der Waals surface area contributed by atoms with Gasteiger partial charge in [0.05, 0.1) is 18.7 Å². The van der Waals surface area contributed by atoms with Crippen molar-refractivity contribution >= 4 is 17.1 Å². The Labute approximate surface area is 80.9 Å². The van der Waals surface area contributed by atoms with Gasteiger partial charge in [-0.1, -0.05) is 12.2 Å². The minimum atomic E-state index is 0.420. The van der Waals surface area contributed by atoms with Crippen LogP contribution >= 0.6 is 0 Å². The quantitative estimate of drug-likeness (QED) is 0.774. The van der Waals surface area contributed by atoms with Gasteiger partial charge < -0.3 is 0 Å². The van der Waals surface area contributed by atoms with E-state index in [4.69, 9.17) is 5.26 Å². The summed E-state index contributed by atoms with van der Waals surface area (Å²) in [5, 5.41) is 16.0. The summed E-state index contributed by atoms with van der Waals surface area (Å²) in [6, 6.07) is 4.02. The molecule has 0 saturated carbocycles. The number of rotatable bonds is 2. The summed E-state index contributed by atoms with van der Waals surface area (Å²) in [5.41, 5.74) is 1.76. The number of pyridine rings is 1. The number of hydrogen-bond donors (Lipinski definition) is 1. The van der Waals surface area contributed by atoms with Gasteiger partial charge in [-0.2, -0.15) is 10.4 Å². The van der Waals surface area contributed by atoms with Crippen molar-refractivity contribution < 1.29 is 0 Å². The second-order valence-corrected chi connectivity index (χ2v) is 2.84. The van der Waals surface area contributed by atoms with E-state index in [1.54, 1.807) is 12.4 Å². The number of allylic oxidation sites excluding steroid dienone is 1. The highest BCUT2D eigenvalue weighted by atomic mass is 15.1. The van der Waals surface area contributed by atoms with Crippen LogP contribution in [0.25, 0.3) is 17.1 Å². The van der Waals surface area contributed by atoms with Crippen molar-refractivity contribution in [2.24, 2.45) is 0 Å². The number of aromatic nitrogens is 3. The average molecular weight is 184 g/mol. The molecular formula is C10H8N4. The standard InChI is InChI=1S/C10H8N4/c11-4-2-1-3-8-5-9-7-13-14-10(9)12-6-8/h1,3,5-7H,2H2,(H,12,13,14). The Morgan fingerprint density at radius 2 is 2.43 bits per heavy atom. The predicted molar refractivity (Wildman–Crippen MR) is 53.2 cm³/mol. The molecule has 0 aliphatic rings. The molecule has 0 aliphatic carbocycles. The molecule has 0 aliphatic heterocycles. The van der Waals surface area contributed by atoms with Crippen molar-refractivity contribution in [1.29, 1.82) is 5.26 Å². The Hall–Kier alpha value is -2.15. The van der Waals surface area contributed by atoms with Crippen molar-refractivity contribution in [1.82, 2.24) is 15.2 Å². The van der Waals surface area contributed by atoms with Crippen LogP contribution in [-0.2, 0) is 0 Å². The van der Waals surface area contributed by atoms with E-state index in [0.717, 1.165) is 16.6 Å². The highest BCUT2D eigenvalue weighted by Crippen LogP contribution is 2.10. The highest BCUT2D eigenvalue weighted by Gasteiger charge is 1.95. The van der Waals surface area contributed by atoms with E-state index in [2.05, 4.69) is 15.2 Å². The number of H-pyrrole nitrogens is 1. The van der Waals surface area contributed by atoms with Gasteiger partial charge in [0.1, 0.15) is 0 Å². The third kappa shape index (κ3) is 1.62. The molecule has 0 bridgehead atoms. The second kappa shape index (κ2) is 3.71. The van der Waals surface area contributed by atoms with E-state index >= 15 is 0 Å². The van der Waals surface area contributed by atoms with E-state index in [0.29, 0.717) is 6.42 Å². The van der Waals surface area contributed by atoms with Crippen LogP contribution in [0.2, 0.25) is 0 Å². The van der Waals surface area contributed by atoms with E-state index in [1.165, 1.54) is 0 Å². The summed E-state index contributed by atoms with van der Waals surface area (Å²) in [4.78, 5) is 4.17. The Balaban J connectivity index is 2.31.